The molecule has 4 nitrogen and oxygen atoms in total. The molecule has 2 aromatic rings. The number of para-hydroxylation sites is 1. The smallest absolute Gasteiger partial charge is 0.150 e. The second-order valence-electron chi connectivity index (χ2n) is 4.21. The molecule has 0 radical (unpaired) electrons. The van der Waals surface area contributed by atoms with Crippen LogP contribution in [0, 0.1) is 0 Å². The number of nitrogens with two attached hydrogens (primary N) is 1. The van der Waals surface area contributed by atoms with Gasteiger partial charge in [0, 0.05) is 5.70 Å². The van der Waals surface area contributed by atoms with Crippen LogP contribution in [0.3, 0.4) is 0 Å². The minimum atomic E-state index is -1.43. The molecular formula is C16H16N2O2S. The van der Waals surface area contributed by atoms with E-state index in [1.54, 1.807) is 18.2 Å². The maximum atomic E-state index is 12.0. The first-order chi connectivity index (χ1) is 10.1. The Morgan fingerprint density at radius 1 is 1.24 bits per heavy atom. The van der Waals surface area contributed by atoms with E-state index in [1.165, 1.54) is 6.08 Å². The van der Waals surface area contributed by atoms with Gasteiger partial charge in [-0.05, 0) is 36.4 Å². The van der Waals surface area contributed by atoms with Crippen molar-refractivity contribution in [3.63, 3.8) is 0 Å². The highest BCUT2D eigenvalue weighted by Crippen LogP contribution is 2.28. The van der Waals surface area contributed by atoms with Crippen molar-refractivity contribution in [1.82, 2.24) is 4.72 Å². The average Bonchev–Trinajstić information content (AvgIpc) is 2.50. The number of benzene rings is 2. The van der Waals surface area contributed by atoms with Crippen LogP contribution < -0.4 is 15.2 Å². The normalized spacial score (nSPS) is 11.4. The molecule has 21 heavy (non-hydrogen) atoms. The molecule has 0 aliphatic carbocycles. The third kappa shape index (κ3) is 3.97. The van der Waals surface area contributed by atoms with E-state index in [9.17, 15) is 4.21 Å². The molecule has 0 aliphatic heterocycles. The van der Waals surface area contributed by atoms with Gasteiger partial charge in [0.1, 0.15) is 22.5 Å². The molecule has 2 aromatic carbocycles. The highest BCUT2D eigenvalue weighted by molar-refractivity contribution is 7.83. The second-order valence-corrected chi connectivity index (χ2v) is 5.43. The summed E-state index contributed by atoms with van der Waals surface area (Å²) in [6, 6.07) is 14.3. The SMILES string of the molecule is C=CC(=C)NS(=O)c1ccc(Oc2ccccc2)c(N)c1. The summed E-state index contributed by atoms with van der Waals surface area (Å²) in [5, 5.41) is 0. The number of hydrogen-bond acceptors (Lipinski definition) is 3. The fourth-order valence-corrected chi connectivity index (χ4v) is 2.43. The Morgan fingerprint density at radius 3 is 2.57 bits per heavy atom. The molecule has 0 spiro atoms. The number of nitrogens with one attached hydrogen (secondary N) is 1. The van der Waals surface area contributed by atoms with Crippen molar-refractivity contribution in [2.75, 3.05) is 5.73 Å². The number of allylic oxidation sites excluding steroid dienone is 1. The van der Waals surface area contributed by atoms with E-state index in [0.717, 1.165) is 0 Å². The lowest BCUT2D eigenvalue weighted by atomic mass is 10.3. The number of anilines is 1. The summed E-state index contributed by atoms with van der Waals surface area (Å²) in [6.45, 7) is 7.20. The first-order valence-electron chi connectivity index (χ1n) is 6.22. The first-order valence-corrected chi connectivity index (χ1v) is 7.37. The van der Waals surface area contributed by atoms with Gasteiger partial charge >= 0.3 is 0 Å². The van der Waals surface area contributed by atoms with E-state index in [0.29, 0.717) is 27.8 Å². The van der Waals surface area contributed by atoms with Gasteiger partial charge in [-0.3, -0.25) is 0 Å². The molecule has 1 atom stereocenters. The second kappa shape index (κ2) is 6.76. The topological polar surface area (TPSA) is 64.3 Å². The number of hydrogen-bond donors (Lipinski definition) is 2. The van der Waals surface area contributed by atoms with Gasteiger partial charge in [0.2, 0.25) is 0 Å². The van der Waals surface area contributed by atoms with Crippen LogP contribution in [0.15, 0.2) is 78.4 Å². The van der Waals surface area contributed by atoms with Crippen molar-refractivity contribution >= 4 is 16.7 Å². The molecule has 5 heteroatoms. The molecule has 2 rings (SSSR count). The molecule has 0 aliphatic rings. The quantitative estimate of drug-likeness (QED) is 0.635. The van der Waals surface area contributed by atoms with Gasteiger partial charge in [0.15, 0.2) is 0 Å². The van der Waals surface area contributed by atoms with Gasteiger partial charge in [-0.15, -0.1) is 0 Å². The van der Waals surface area contributed by atoms with Gasteiger partial charge in [-0.25, -0.2) is 4.21 Å². The summed E-state index contributed by atoms with van der Waals surface area (Å²) in [7, 11) is -1.43. The van der Waals surface area contributed by atoms with Crippen molar-refractivity contribution < 1.29 is 8.95 Å². The van der Waals surface area contributed by atoms with E-state index in [1.807, 2.05) is 30.3 Å². The molecule has 3 N–H and O–H groups in total. The van der Waals surface area contributed by atoms with Crippen molar-refractivity contribution in [3.8, 4) is 11.5 Å². The minimum absolute atomic E-state index is 0.413. The van der Waals surface area contributed by atoms with E-state index in [4.69, 9.17) is 10.5 Å². The molecule has 0 saturated heterocycles. The summed E-state index contributed by atoms with van der Waals surface area (Å²) >= 11 is 0. The van der Waals surface area contributed by atoms with Crippen LogP contribution in [-0.2, 0) is 11.0 Å². The van der Waals surface area contributed by atoms with Crippen molar-refractivity contribution in [2.45, 2.75) is 4.90 Å². The van der Waals surface area contributed by atoms with Crippen molar-refractivity contribution in [1.29, 1.82) is 0 Å². The maximum Gasteiger partial charge on any atom is 0.150 e. The van der Waals surface area contributed by atoms with Gasteiger partial charge in [0.25, 0.3) is 0 Å². The molecule has 0 aromatic heterocycles. The van der Waals surface area contributed by atoms with E-state index >= 15 is 0 Å². The first kappa shape index (κ1) is 14.9. The standard InChI is InChI=1S/C16H16N2O2S/c1-3-12(2)18-21(19)14-9-10-16(15(17)11-14)20-13-7-5-4-6-8-13/h3-11,18H,1-2,17H2. The highest BCUT2D eigenvalue weighted by Gasteiger charge is 2.08. The van der Waals surface area contributed by atoms with Crippen LogP contribution in [0.25, 0.3) is 0 Å². The zero-order valence-electron chi connectivity index (χ0n) is 11.4. The van der Waals surface area contributed by atoms with E-state index < -0.39 is 11.0 Å². The predicted octanol–water partition coefficient (Wildman–Crippen LogP) is 3.37. The lowest BCUT2D eigenvalue weighted by Crippen LogP contribution is -2.14. The monoisotopic (exact) mass is 300 g/mol. The van der Waals surface area contributed by atoms with Gasteiger partial charge < -0.3 is 15.2 Å². The Labute approximate surface area is 126 Å². The average molecular weight is 300 g/mol. The Balaban J connectivity index is 2.16. The van der Waals surface area contributed by atoms with Gasteiger partial charge in [0.05, 0.1) is 10.6 Å². The van der Waals surface area contributed by atoms with Crippen molar-refractivity contribution in [2.24, 2.45) is 0 Å². The molecular weight excluding hydrogens is 284 g/mol. The summed E-state index contributed by atoms with van der Waals surface area (Å²) < 4.78 is 20.4. The summed E-state index contributed by atoms with van der Waals surface area (Å²) in [4.78, 5) is 0.538. The van der Waals surface area contributed by atoms with Crippen LogP contribution in [0.2, 0.25) is 0 Å². The molecule has 0 heterocycles. The van der Waals surface area contributed by atoms with Crippen LogP contribution in [0.5, 0.6) is 11.5 Å². The molecule has 108 valence electrons. The van der Waals surface area contributed by atoms with Crippen LogP contribution >= 0.6 is 0 Å². The molecule has 0 saturated carbocycles. The summed E-state index contributed by atoms with van der Waals surface area (Å²) in [5.74, 6) is 1.21. The minimum Gasteiger partial charge on any atom is -0.455 e. The van der Waals surface area contributed by atoms with Crippen LogP contribution in [-0.4, -0.2) is 4.21 Å². The Bertz CT molecular complexity index is 684. The number of nitrogen functional groups attached to an aromatic ring is 1. The number of rotatable bonds is 6. The van der Waals surface area contributed by atoms with E-state index in [-0.39, 0.29) is 0 Å². The Morgan fingerprint density at radius 2 is 1.95 bits per heavy atom. The molecule has 1 unspecified atom stereocenters. The van der Waals surface area contributed by atoms with Crippen molar-refractivity contribution in [3.05, 3.63) is 73.5 Å². The van der Waals surface area contributed by atoms with E-state index in [2.05, 4.69) is 17.9 Å². The molecule has 0 fully saturated rings. The predicted molar refractivity (Wildman–Crippen MR) is 86.3 cm³/mol. The maximum absolute atomic E-state index is 12.0. The lowest BCUT2D eigenvalue weighted by molar-refractivity contribution is 0.484. The zero-order valence-corrected chi connectivity index (χ0v) is 12.2. The highest BCUT2D eigenvalue weighted by atomic mass is 32.2. The third-order valence-corrected chi connectivity index (χ3v) is 3.77. The zero-order chi connectivity index (χ0) is 15.2. The molecule has 0 bridgehead atoms. The largest absolute Gasteiger partial charge is 0.455 e. The summed E-state index contributed by atoms with van der Waals surface area (Å²) in [6.07, 6.45) is 1.49. The van der Waals surface area contributed by atoms with Crippen LogP contribution in [0.1, 0.15) is 0 Å². The Kier molecular flexibility index (Phi) is 4.79. The third-order valence-electron chi connectivity index (χ3n) is 2.64. The molecule has 0 amide bonds. The van der Waals surface area contributed by atoms with Gasteiger partial charge in [-0.2, -0.15) is 0 Å². The lowest BCUT2D eigenvalue weighted by Gasteiger charge is -2.10. The number of ether oxygens (including phenoxy) is 1. The fourth-order valence-electron chi connectivity index (χ4n) is 1.57. The summed E-state index contributed by atoms with van der Waals surface area (Å²) in [5.41, 5.74) is 6.84. The Hall–Kier alpha value is -2.53. The fraction of sp³-hybridized carbons (Fsp3) is 0. The van der Waals surface area contributed by atoms with Gasteiger partial charge in [-0.1, -0.05) is 31.4 Å². The van der Waals surface area contributed by atoms with Crippen LogP contribution in [0.4, 0.5) is 5.69 Å².